The number of hydrogen-bond donors (Lipinski definition) is 0. The lowest BCUT2D eigenvalue weighted by Crippen LogP contribution is -2.48. The predicted molar refractivity (Wildman–Crippen MR) is 83.1 cm³/mol. The summed E-state index contributed by atoms with van der Waals surface area (Å²) >= 11 is 0. The summed E-state index contributed by atoms with van der Waals surface area (Å²) in [5.41, 5.74) is 0. The minimum absolute atomic E-state index is 0.105. The van der Waals surface area contributed by atoms with Crippen LogP contribution in [0.1, 0.15) is 19.8 Å². The molecule has 2 rings (SSSR count). The van der Waals surface area contributed by atoms with Crippen molar-refractivity contribution in [1.82, 2.24) is 14.9 Å². The minimum Gasteiger partial charge on any atom is -0.481 e. The molecule has 0 unspecified atom stereocenters. The Morgan fingerprint density at radius 2 is 2.14 bits per heavy atom. The summed E-state index contributed by atoms with van der Waals surface area (Å²) in [5, 5.41) is 0. The lowest BCUT2D eigenvalue weighted by Gasteiger charge is -2.38. The Morgan fingerprint density at radius 1 is 1.41 bits per heavy atom. The van der Waals surface area contributed by atoms with E-state index in [0.717, 1.165) is 25.9 Å². The molecule has 7 heteroatoms. The molecule has 1 aliphatic rings. The SMILES string of the molecule is COCCN(C(C)=O)C1CCN(c2nccc(OC)n2)CC1. The zero-order chi connectivity index (χ0) is 15.9. The van der Waals surface area contributed by atoms with Crippen LogP contribution in [0.5, 0.6) is 5.88 Å². The van der Waals surface area contributed by atoms with Crippen LogP contribution in [-0.2, 0) is 9.53 Å². The molecule has 22 heavy (non-hydrogen) atoms. The zero-order valence-electron chi connectivity index (χ0n) is 13.5. The van der Waals surface area contributed by atoms with Crippen LogP contribution in [0.25, 0.3) is 0 Å². The number of methoxy groups -OCH3 is 2. The summed E-state index contributed by atoms with van der Waals surface area (Å²) in [6.07, 6.45) is 3.52. The van der Waals surface area contributed by atoms with Crippen LogP contribution in [0.15, 0.2) is 12.3 Å². The zero-order valence-corrected chi connectivity index (χ0v) is 13.5. The Kier molecular flexibility index (Phi) is 5.94. The van der Waals surface area contributed by atoms with E-state index in [1.807, 2.05) is 4.90 Å². The Labute approximate surface area is 131 Å². The highest BCUT2D eigenvalue weighted by molar-refractivity contribution is 5.73. The summed E-state index contributed by atoms with van der Waals surface area (Å²) in [5.74, 6) is 1.36. The van der Waals surface area contributed by atoms with E-state index in [0.29, 0.717) is 25.0 Å². The number of nitrogens with zero attached hydrogens (tertiary/aromatic N) is 4. The molecule has 1 saturated heterocycles. The first-order valence-electron chi connectivity index (χ1n) is 7.54. The summed E-state index contributed by atoms with van der Waals surface area (Å²) in [7, 11) is 3.25. The van der Waals surface area contributed by atoms with Gasteiger partial charge >= 0.3 is 0 Å². The molecule has 0 radical (unpaired) electrons. The van der Waals surface area contributed by atoms with Gasteiger partial charge in [0.15, 0.2) is 0 Å². The predicted octanol–water partition coefficient (Wildman–Crippen LogP) is 0.949. The van der Waals surface area contributed by atoms with Crippen molar-refractivity contribution in [2.75, 3.05) is 45.4 Å². The quantitative estimate of drug-likeness (QED) is 0.779. The van der Waals surface area contributed by atoms with E-state index in [9.17, 15) is 4.79 Å². The molecule has 1 aliphatic heterocycles. The highest BCUT2D eigenvalue weighted by Crippen LogP contribution is 2.21. The molecule has 0 saturated carbocycles. The molecule has 7 nitrogen and oxygen atoms in total. The Hall–Kier alpha value is -1.89. The second-order valence-electron chi connectivity index (χ2n) is 5.32. The van der Waals surface area contributed by atoms with Crippen LogP contribution in [0.4, 0.5) is 5.95 Å². The molecule has 0 atom stereocenters. The molecule has 1 aromatic rings. The monoisotopic (exact) mass is 308 g/mol. The fourth-order valence-corrected chi connectivity index (χ4v) is 2.76. The van der Waals surface area contributed by atoms with Gasteiger partial charge in [0.1, 0.15) is 0 Å². The van der Waals surface area contributed by atoms with Crippen LogP contribution >= 0.6 is 0 Å². The Balaban J connectivity index is 1.95. The van der Waals surface area contributed by atoms with Crippen molar-refractivity contribution in [3.63, 3.8) is 0 Å². The molecule has 0 aromatic carbocycles. The largest absolute Gasteiger partial charge is 0.481 e. The number of carbonyl (C=O) groups is 1. The third-order valence-electron chi connectivity index (χ3n) is 3.96. The van der Waals surface area contributed by atoms with Gasteiger partial charge in [-0.25, -0.2) is 4.98 Å². The second-order valence-corrected chi connectivity index (χ2v) is 5.32. The van der Waals surface area contributed by atoms with Gasteiger partial charge in [-0.3, -0.25) is 4.79 Å². The van der Waals surface area contributed by atoms with Gasteiger partial charge in [-0.2, -0.15) is 4.98 Å². The van der Waals surface area contributed by atoms with Crippen LogP contribution in [0.2, 0.25) is 0 Å². The van der Waals surface area contributed by atoms with E-state index >= 15 is 0 Å². The summed E-state index contributed by atoms with van der Waals surface area (Å²) in [6.45, 7) is 4.49. The fourth-order valence-electron chi connectivity index (χ4n) is 2.76. The molecule has 0 spiro atoms. The van der Waals surface area contributed by atoms with Gasteiger partial charge in [0.2, 0.25) is 17.7 Å². The average molecular weight is 308 g/mol. The van der Waals surface area contributed by atoms with E-state index in [4.69, 9.17) is 9.47 Å². The van der Waals surface area contributed by atoms with Crippen molar-refractivity contribution in [2.45, 2.75) is 25.8 Å². The van der Waals surface area contributed by atoms with Crippen molar-refractivity contribution in [2.24, 2.45) is 0 Å². The number of aromatic nitrogens is 2. The van der Waals surface area contributed by atoms with Crippen molar-refractivity contribution in [1.29, 1.82) is 0 Å². The summed E-state index contributed by atoms with van der Waals surface area (Å²) in [6, 6.07) is 1.99. The van der Waals surface area contributed by atoms with Gasteiger partial charge in [-0.1, -0.05) is 0 Å². The minimum atomic E-state index is 0.105. The number of ether oxygens (including phenoxy) is 2. The summed E-state index contributed by atoms with van der Waals surface area (Å²) in [4.78, 5) is 24.5. The third-order valence-corrected chi connectivity index (χ3v) is 3.96. The molecular formula is C15H24N4O3. The smallest absolute Gasteiger partial charge is 0.228 e. The molecule has 0 bridgehead atoms. The first kappa shape index (κ1) is 16.5. The van der Waals surface area contributed by atoms with Gasteiger partial charge in [-0.05, 0) is 12.8 Å². The van der Waals surface area contributed by atoms with Crippen molar-refractivity contribution < 1.29 is 14.3 Å². The highest BCUT2D eigenvalue weighted by Gasteiger charge is 2.27. The molecule has 1 fully saturated rings. The number of amides is 1. The number of carbonyl (C=O) groups excluding carboxylic acids is 1. The average Bonchev–Trinajstić information content (AvgIpc) is 2.55. The normalized spacial score (nSPS) is 15.7. The highest BCUT2D eigenvalue weighted by atomic mass is 16.5. The van der Waals surface area contributed by atoms with Crippen molar-refractivity contribution >= 4 is 11.9 Å². The van der Waals surface area contributed by atoms with E-state index in [1.54, 1.807) is 33.4 Å². The van der Waals surface area contributed by atoms with Gasteiger partial charge in [0.25, 0.3) is 0 Å². The Bertz CT molecular complexity index is 489. The lowest BCUT2D eigenvalue weighted by atomic mass is 10.0. The van der Waals surface area contributed by atoms with Gasteiger partial charge in [-0.15, -0.1) is 0 Å². The molecular weight excluding hydrogens is 284 g/mol. The summed E-state index contributed by atoms with van der Waals surface area (Å²) < 4.78 is 10.2. The standard InChI is InChI=1S/C15H24N4O3/c1-12(20)19(10-11-21-2)13-5-8-18(9-6-13)15-16-7-4-14(17-15)22-3/h4,7,13H,5-6,8-11H2,1-3H3. The van der Waals surface area contributed by atoms with Crippen LogP contribution < -0.4 is 9.64 Å². The maximum atomic E-state index is 11.8. The Morgan fingerprint density at radius 3 is 2.73 bits per heavy atom. The van der Waals surface area contributed by atoms with Crippen LogP contribution in [0, 0.1) is 0 Å². The van der Waals surface area contributed by atoms with Gasteiger partial charge in [0.05, 0.1) is 13.7 Å². The van der Waals surface area contributed by atoms with E-state index in [1.165, 1.54) is 0 Å². The fraction of sp³-hybridized carbons (Fsp3) is 0.667. The second kappa shape index (κ2) is 7.93. The van der Waals surface area contributed by atoms with E-state index in [2.05, 4.69) is 14.9 Å². The van der Waals surface area contributed by atoms with Crippen LogP contribution in [-0.4, -0.2) is 67.3 Å². The van der Waals surface area contributed by atoms with Crippen molar-refractivity contribution in [3.8, 4) is 5.88 Å². The van der Waals surface area contributed by atoms with E-state index < -0.39 is 0 Å². The number of piperidine rings is 1. The molecule has 0 aliphatic carbocycles. The van der Waals surface area contributed by atoms with Gasteiger partial charge < -0.3 is 19.3 Å². The molecule has 2 heterocycles. The molecule has 122 valence electrons. The first-order valence-corrected chi connectivity index (χ1v) is 7.54. The maximum absolute atomic E-state index is 11.8. The topological polar surface area (TPSA) is 67.8 Å². The van der Waals surface area contributed by atoms with Gasteiger partial charge in [0, 0.05) is 52.0 Å². The molecule has 0 N–H and O–H groups in total. The molecule has 1 aromatic heterocycles. The number of rotatable bonds is 6. The van der Waals surface area contributed by atoms with Crippen molar-refractivity contribution in [3.05, 3.63) is 12.3 Å². The molecule has 1 amide bonds. The number of anilines is 1. The van der Waals surface area contributed by atoms with Crippen LogP contribution in [0.3, 0.4) is 0 Å². The third kappa shape index (κ3) is 4.07. The maximum Gasteiger partial charge on any atom is 0.228 e. The number of hydrogen-bond acceptors (Lipinski definition) is 6. The lowest BCUT2D eigenvalue weighted by molar-refractivity contribution is -0.132. The van der Waals surface area contributed by atoms with E-state index in [-0.39, 0.29) is 11.9 Å². The first-order chi connectivity index (χ1) is 10.7.